The van der Waals surface area contributed by atoms with Crippen molar-refractivity contribution in [2.75, 3.05) is 7.11 Å². The zero-order valence-corrected chi connectivity index (χ0v) is 16.2. The third-order valence-corrected chi connectivity index (χ3v) is 4.96. The molecule has 1 amide bonds. The molecule has 3 aromatic rings. The van der Waals surface area contributed by atoms with Gasteiger partial charge in [-0.05, 0) is 35.4 Å². The average molecular weight is 401 g/mol. The Hall–Kier alpha value is -4.00. The lowest BCUT2D eigenvalue weighted by atomic mass is 9.96. The standard InChI is InChI=1S/C23H19N3O4/c1-30-18-8-2-6-16(11-18)21(27)19-20(17-7-4-10-25-13-17)26(23(29)22(19)28)14-15-5-3-9-24-12-15/h2-13,20,27H,14H2,1H3/b21-19+/t20-/m0/s1. The van der Waals surface area contributed by atoms with Gasteiger partial charge in [-0.25, -0.2) is 0 Å². The van der Waals surface area contributed by atoms with Crippen molar-refractivity contribution in [1.82, 2.24) is 14.9 Å². The Bertz CT molecular complexity index is 1110. The van der Waals surface area contributed by atoms with Crippen LogP contribution in [0.2, 0.25) is 0 Å². The molecule has 0 spiro atoms. The number of nitrogens with zero attached hydrogens (tertiary/aromatic N) is 3. The number of hydrogen-bond acceptors (Lipinski definition) is 6. The van der Waals surface area contributed by atoms with Crippen molar-refractivity contribution in [2.24, 2.45) is 0 Å². The van der Waals surface area contributed by atoms with Crippen LogP contribution in [0.4, 0.5) is 0 Å². The molecule has 1 saturated heterocycles. The van der Waals surface area contributed by atoms with Crippen molar-refractivity contribution in [3.05, 3.63) is 95.6 Å². The quantitative estimate of drug-likeness (QED) is 0.401. The second kappa shape index (κ2) is 8.16. The molecule has 3 heterocycles. The van der Waals surface area contributed by atoms with Crippen LogP contribution in [0.3, 0.4) is 0 Å². The third kappa shape index (κ3) is 3.53. The molecule has 1 fully saturated rings. The summed E-state index contributed by atoms with van der Waals surface area (Å²) in [4.78, 5) is 35.6. The SMILES string of the molecule is COc1cccc(/C(O)=C2\C(=O)C(=O)N(Cc3cccnc3)[C@H]2c2cccnc2)c1. The summed E-state index contributed by atoms with van der Waals surface area (Å²) in [6, 6.07) is 13.0. The zero-order chi connectivity index (χ0) is 21.1. The minimum Gasteiger partial charge on any atom is -0.507 e. The first kappa shape index (κ1) is 19.3. The minimum absolute atomic E-state index is 0.0187. The first-order chi connectivity index (χ1) is 14.6. The topological polar surface area (TPSA) is 92.6 Å². The van der Waals surface area contributed by atoms with Crippen molar-refractivity contribution in [3.63, 3.8) is 0 Å². The molecule has 0 bridgehead atoms. The Labute approximate surface area is 173 Å². The number of ketones is 1. The van der Waals surface area contributed by atoms with Gasteiger partial charge in [-0.2, -0.15) is 0 Å². The lowest BCUT2D eigenvalue weighted by Crippen LogP contribution is -2.29. The van der Waals surface area contributed by atoms with E-state index in [1.54, 1.807) is 67.3 Å². The Morgan fingerprint density at radius 2 is 1.83 bits per heavy atom. The lowest BCUT2D eigenvalue weighted by Gasteiger charge is -2.25. The van der Waals surface area contributed by atoms with E-state index in [-0.39, 0.29) is 17.9 Å². The highest BCUT2D eigenvalue weighted by molar-refractivity contribution is 6.46. The summed E-state index contributed by atoms with van der Waals surface area (Å²) in [5, 5.41) is 11.0. The fourth-order valence-corrected chi connectivity index (χ4v) is 3.54. The molecule has 1 N–H and O–H groups in total. The van der Waals surface area contributed by atoms with Gasteiger partial charge in [0.15, 0.2) is 0 Å². The number of pyridine rings is 2. The van der Waals surface area contributed by atoms with Gasteiger partial charge in [0.05, 0.1) is 18.7 Å². The number of Topliss-reactive ketones (excluding diaryl/α,β-unsaturated/α-hetero) is 1. The van der Waals surface area contributed by atoms with Crippen LogP contribution in [0.15, 0.2) is 78.9 Å². The fourth-order valence-electron chi connectivity index (χ4n) is 3.54. The Balaban J connectivity index is 1.85. The van der Waals surface area contributed by atoms with E-state index in [0.717, 1.165) is 5.56 Å². The van der Waals surface area contributed by atoms with E-state index in [1.807, 2.05) is 6.07 Å². The van der Waals surface area contributed by atoms with Crippen LogP contribution in [-0.2, 0) is 16.1 Å². The molecule has 30 heavy (non-hydrogen) atoms. The highest BCUT2D eigenvalue weighted by atomic mass is 16.5. The summed E-state index contributed by atoms with van der Waals surface area (Å²) >= 11 is 0. The Kier molecular flexibility index (Phi) is 5.26. The first-order valence-electron chi connectivity index (χ1n) is 9.32. The molecular formula is C23H19N3O4. The number of aliphatic hydroxyl groups excluding tert-OH is 1. The maximum absolute atomic E-state index is 13.0. The van der Waals surface area contributed by atoms with Gasteiger partial charge >= 0.3 is 0 Å². The number of likely N-dealkylation sites (tertiary alicyclic amines) is 1. The van der Waals surface area contributed by atoms with E-state index in [1.165, 1.54) is 12.0 Å². The smallest absolute Gasteiger partial charge is 0.295 e. The van der Waals surface area contributed by atoms with E-state index in [9.17, 15) is 14.7 Å². The van der Waals surface area contributed by atoms with E-state index >= 15 is 0 Å². The minimum atomic E-state index is -0.773. The zero-order valence-electron chi connectivity index (χ0n) is 16.2. The molecule has 7 nitrogen and oxygen atoms in total. The maximum atomic E-state index is 13.0. The van der Waals surface area contributed by atoms with Crippen molar-refractivity contribution in [2.45, 2.75) is 12.6 Å². The second-order valence-electron chi connectivity index (χ2n) is 6.81. The van der Waals surface area contributed by atoms with Crippen LogP contribution in [0.25, 0.3) is 5.76 Å². The Morgan fingerprint density at radius 1 is 1.07 bits per heavy atom. The van der Waals surface area contributed by atoms with Gasteiger partial charge in [0, 0.05) is 36.9 Å². The van der Waals surface area contributed by atoms with Crippen LogP contribution in [-0.4, -0.2) is 38.8 Å². The van der Waals surface area contributed by atoms with Gasteiger partial charge in [-0.15, -0.1) is 0 Å². The number of aliphatic hydroxyl groups is 1. The number of ether oxygens (including phenoxy) is 1. The molecule has 1 aromatic carbocycles. The van der Waals surface area contributed by atoms with Crippen LogP contribution in [0, 0.1) is 0 Å². The predicted molar refractivity (Wildman–Crippen MR) is 109 cm³/mol. The fraction of sp³-hybridized carbons (Fsp3) is 0.130. The number of methoxy groups -OCH3 is 1. The third-order valence-electron chi connectivity index (χ3n) is 4.96. The lowest BCUT2D eigenvalue weighted by molar-refractivity contribution is -0.140. The summed E-state index contributed by atoms with van der Waals surface area (Å²) < 4.78 is 5.21. The molecule has 0 unspecified atom stereocenters. The largest absolute Gasteiger partial charge is 0.507 e. The first-order valence-corrected chi connectivity index (χ1v) is 9.32. The van der Waals surface area contributed by atoms with Gasteiger partial charge in [0.2, 0.25) is 0 Å². The molecule has 4 rings (SSSR count). The van der Waals surface area contributed by atoms with Gasteiger partial charge in [0.25, 0.3) is 11.7 Å². The van der Waals surface area contributed by atoms with E-state index in [2.05, 4.69) is 9.97 Å². The summed E-state index contributed by atoms with van der Waals surface area (Å²) in [6.07, 6.45) is 6.48. The second-order valence-corrected chi connectivity index (χ2v) is 6.81. The number of benzene rings is 1. The van der Waals surface area contributed by atoms with Crippen LogP contribution in [0.5, 0.6) is 5.75 Å². The number of amides is 1. The van der Waals surface area contributed by atoms with Crippen molar-refractivity contribution >= 4 is 17.4 Å². The molecule has 1 aliphatic rings. The van der Waals surface area contributed by atoms with E-state index in [0.29, 0.717) is 16.9 Å². The predicted octanol–water partition coefficient (Wildman–Crippen LogP) is 3.11. The molecule has 150 valence electrons. The molecule has 0 saturated carbocycles. The monoisotopic (exact) mass is 401 g/mol. The molecule has 0 radical (unpaired) electrons. The highest BCUT2D eigenvalue weighted by Crippen LogP contribution is 2.40. The van der Waals surface area contributed by atoms with Crippen LogP contribution in [0.1, 0.15) is 22.7 Å². The van der Waals surface area contributed by atoms with Gasteiger partial charge in [0.1, 0.15) is 11.5 Å². The Morgan fingerprint density at radius 3 is 2.50 bits per heavy atom. The summed E-state index contributed by atoms with van der Waals surface area (Å²) in [6.45, 7) is 0.173. The molecular weight excluding hydrogens is 382 g/mol. The molecule has 1 aliphatic heterocycles. The molecule has 1 atom stereocenters. The molecule has 0 aliphatic carbocycles. The van der Waals surface area contributed by atoms with Crippen molar-refractivity contribution < 1.29 is 19.4 Å². The van der Waals surface area contributed by atoms with E-state index < -0.39 is 17.7 Å². The van der Waals surface area contributed by atoms with Gasteiger partial charge in [-0.3, -0.25) is 19.6 Å². The van der Waals surface area contributed by atoms with Crippen molar-refractivity contribution in [1.29, 1.82) is 0 Å². The summed E-state index contributed by atoms with van der Waals surface area (Å²) in [5.74, 6) is -1.15. The number of carbonyl (C=O) groups is 2. The van der Waals surface area contributed by atoms with E-state index in [4.69, 9.17) is 4.74 Å². The molecule has 7 heteroatoms. The van der Waals surface area contributed by atoms with Gasteiger partial charge in [-0.1, -0.05) is 24.3 Å². The number of rotatable bonds is 5. The number of aromatic nitrogens is 2. The normalized spacial score (nSPS) is 17.9. The highest BCUT2D eigenvalue weighted by Gasteiger charge is 2.46. The summed E-state index contributed by atoms with van der Waals surface area (Å²) in [7, 11) is 1.52. The van der Waals surface area contributed by atoms with Crippen LogP contribution < -0.4 is 4.74 Å². The average Bonchev–Trinajstić information content (AvgIpc) is 3.05. The van der Waals surface area contributed by atoms with Crippen molar-refractivity contribution in [3.8, 4) is 5.75 Å². The maximum Gasteiger partial charge on any atom is 0.295 e. The number of hydrogen-bond donors (Lipinski definition) is 1. The summed E-state index contributed by atoms with van der Waals surface area (Å²) in [5.41, 5.74) is 1.81. The molecule has 2 aromatic heterocycles. The van der Waals surface area contributed by atoms with Crippen LogP contribution >= 0.6 is 0 Å². The number of carbonyl (C=O) groups excluding carboxylic acids is 2. The van der Waals surface area contributed by atoms with Gasteiger partial charge < -0.3 is 14.7 Å².